The van der Waals surface area contributed by atoms with Crippen molar-refractivity contribution in [2.24, 2.45) is 5.92 Å². The van der Waals surface area contributed by atoms with E-state index in [2.05, 4.69) is 25.7 Å². The van der Waals surface area contributed by atoms with Gasteiger partial charge in [-0.05, 0) is 38.6 Å². The van der Waals surface area contributed by atoms with E-state index in [1.54, 1.807) is 0 Å². The van der Waals surface area contributed by atoms with Crippen LogP contribution in [0.4, 0.5) is 0 Å². The molecule has 0 radical (unpaired) electrons. The van der Waals surface area contributed by atoms with Crippen LogP contribution < -0.4 is 0 Å². The maximum absolute atomic E-state index is 10.8. The van der Waals surface area contributed by atoms with Crippen LogP contribution in [-0.4, -0.2) is 34.6 Å². The molecule has 3 atom stereocenters. The van der Waals surface area contributed by atoms with Crippen LogP contribution in [0, 0.1) is 5.92 Å². The molecule has 1 aliphatic rings. The van der Waals surface area contributed by atoms with Gasteiger partial charge in [-0.25, -0.2) is 0 Å². The second-order valence-corrected chi connectivity index (χ2v) is 4.88. The Bertz CT molecular complexity index is 218. The SMILES string of the molecule is CCC(CC(=O)O)N1CCC(C)CC1C. The predicted molar refractivity (Wildman–Crippen MR) is 60.9 cm³/mol. The molecule has 0 aromatic carbocycles. The van der Waals surface area contributed by atoms with Crippen molar-refractivity contribution in [3.63, 3.8) is 0 Å². The lowest BCUT2D eigenvalue weighted by Gasteiger charge is -2.41. The normalized spacial score (nSPS) is 30.1. The van der Waals surface area contributed by atoms with Crippen LogP contribution in [-0.2, 0) is 4.79 Å². The first-order chi connectivity index (χ1) is 7.04. The van der Waals surface area contributed by atoms with Gasteiger partial charge in [-0.2, -0.15) is 0 Å². The molecule has 0 aromatic heterocycles. The molecule has 15 heavy (non-hydrogen) atoms. The number of piperidine rings is 1. The van der Waals surface area contributed by atoms with Crippen molar-refractivity contribution in [2.75, 3.05) is 6.54 Å². The Morgan fingerprint density at radius 1 is 1.53 bits per heavy atom. The summed E-state index contributed by atoms with van der Waals surface area (Å²) in [5.41, 5.74) is 0. The molecule has 1 rings (SSSR count). The van der Waals surface area contributed by atoms with Gasteiger partial charge in [0.15, 0.2) is 0 Å². The summed E-state index contributed by atoms with van der Waals surface area (Å²) >= 11 is 0. The van der Waals surface area contributed by atoms with E-state index >= 15 is 0 Å². The summed E-state index contributed by atoms with van der Waals surface area (Å²) in [7, 11) is 0. The highest BCUT2D eigenvalue weighted by molar-refractivity contribution is 5.67. The van der Waals surface area contributed by atoms with Gasteiger partial charge in [-0.3, -0.25) is 9.69 Å². The molecule has 1 N–H and O–H groups in total. The summed E-state index contributed by atoms with van der Waals surface area (Å²) in [6.07, 6.45) is 3.64. The molecule has 88 valence electrons. The zero-order valence-corrected chi connectivity index (χ0v) is 10.1. The van der Waals surface area contributed by atoms with Crippen molar-refractivity contribution >= 4 is 5.97 Å². The number of hydrogen-bond donors (Lipinski definition) is 1. The van der Waals surface area contributed by atoms with Crippen molar-refractivity contribution < 1.29 is 9.90 Å². The summed E-state index contributed by atoms with van der Waals surface area (Å²) in [5.74, 6) is 0.117. The number of carboxylic acid groups (broad SMARTS) is 1. The Hall–Kier alpha value is -0.570. The summed E-state index contributed by atoms with van der Waals surface area (Å²) in [5, 5.41) is 8.86. The highest BCUT2D eigenvalue weighted by Gasteiger charge is 2.28. The minimum Gasteiger partial charge on any atom is -0.481 e. The summed E-state index contributed by atoms with van der Waals surface area (Å²) in [6, 6.07) is 0.767. The lowest BCUT2D eigenvalue weighted by molar-refractivity contribution is -0.138. The molecule has 1 fully saturated rings. The lowest BCUT2D eigenvalue weighted by atomic mass is 9.91. The fraction of sp³-hybridized carbons (Fsp3) is 0.917. The quantitative estimate of drug-likeness (QED) is 0.779. The Kier molecular flexibility index (Phi) is 4.58. The second kappa shape index (κ2) is 5.50. The van der Waals surface area contributed by atoms with Crippen molar-refractivity contribution in [1.82, 2.24) is 4.90 Å². The van der Waals surface area contributed by atoms with Crippen LogP contribution in [0.1, 0.15) is 46.5 Å². The molecule has 1 saturated heterocycles. The van der Waals surface area contributed by atoms with Crippen LogP contribution >= 0.6 is 0 Å². The van der Waals surface area contributed by atoms with Gasteiger partial charge in [-0.15, -0.1) is 0 Å². The largest absolute Gasteiger partial charge is 0.481 e. The van der Waals surface area contributed by atoms with E-state index in [0.717, 1.165) is 18.9 Å². The molecular formula is C12H23NO2. The average Bonchev–Trinajstić information content (AvgIpc) is 2.14. The van der Waals surface area contributed by atoms with E-state index in [-0.39, 0.29) is 12.5 Å². The van der Waals surface area contributed by atoms with E-state index < -0.39 is 5.97 Å². The summed E-state index contributed by atoms with van der Waals surface area (Å²) < 4.78 is 0. The molecule has 1 aliphatic heterocycles. The van der Waals surface area contributed by atoms with Gasteiger partial charge in [0.05, 0.1) is 6.42 Å². The molecule has 3 heteroatoms. The average molecular weight is 213 g/mol. The van der Waals surface area contributed by atoms with Crippen molar-refractivity contribution in [3.05, 3.63) is 0 Å². The minimum atomic E-state index is -0.673. The Balaban J connectivity index is 2.55. The van der Waals surface area contributed by atoms with E-state index in [9.17, 15) is 4.79 Å². The third-order valence-corrected chi connectivity index (χ3v) is 3.54. The number of hydrogen-bond acceptors (Lipinski definition) is 2. The number of rotatable bonds is 4. The molecule has 0 saturated carbocycles. The highest BCUT2D eigenvalue weighted by atomic mass is 16.4. The summed E-state index contributed by atoms with van der Waals surface area (Å²) in [4.78, 5) is 13.1. The van der Waals surface area contributed by atoms with Gasteiger partial charge < -0.3 is 5.11 Å². The predicted octanol–water partition coefficient (Wildman–Crippen LogP) is 2.36. The van der Waals surface area contributed by atoms with Gasteiger partial charge in [0.2, 0.25) is 0 Å². The Morgan fingerprint density at radius 2 is 2.20 bits per heavy atom. The van der Waals surface area contributed by atoms with E-state index in [1.807, 2.05) is 0 Å². The maximum Gasteiger partial charge on any atom is 0.304 e. The molecule has 3 unspecified atom stereocenters. The second-order valence-electron chi connectivity index (χ2n) is 4.88. The molecule has 0 aliphatic carbocycles. The van der Waals surface area contributed by atoms with Crippen LogP contribution in [0.3, 0.4) is 0 Å². The molecule has 0 spiro atoms. The van der Waals surface area contributed by atoms with Crippen LogP contribution in [0.15, 0.2) is 0 Å². The van der Waals surface area contributed by atoms with E-state index in [1.165, 1.54) is 12.8 Å². The fourth-order valence-corrected chi connectivity index (χ4v) is 2.67. The van der Waals surface area contributed by atoms with Crippen molar-refractivity contribution in [1.29, 1.82) is 0 Å². The zero-order valence-electron chi connectivity index (χ0n) is 10.1. The van der Waals surface area contributed by atoms with Crippen LogP contribution in [0.5, 0.6) is 0 Å². The monoisotopic (exact) mass is 213 g/mol. The first-order valence-electron chi connectivity index (χ1n) is 6.02. The molecule has 0 aromatic rings. The Labute approximate surface area is 92.5 Å². The number of aliphatic carboxylic acids is 1. The molecule has 1 heterocycles. The van der Waals surface area contributed by atoms with Gasteiger partial charge >= 0.3 is 5.97 Å². The van der Waals surface area contributed by atoms with Crippen LogP contribution in [0.25, 0.3) is 0 Å². The van der Waals surface area contributed by atoms with E-state index in [4.69, 9.17) is 5.11 Å². The summed E-state index contributed by atoms with van der Waals surface area (Å²) in [6.45, 7) is 7.65. The maximum atomic E-state index is 10.8. The topological polar surface area (TPSA) is 40.5 Å². The zero-order chi connectivity index (χ0) is 11.4. The standard InChI is InChI=1S/C12H23NO2/c1-4-11(8-12(14)15)13-6-5-9(2)7-10(13)3/h9-11H,4-8H2,1-3H3,(H,14,15). The Morgan fingerprint density at radius 3 is 2.67 bits per heavy atom. The van der Waals surface area contributed by atoms with Gasteiger partial charge in [0, 0.05) is 12.1 Å². The van der Waals surface area contributed by atoms with Crippen molar-refractivity contribution in [3.8, 4) is 0 Å². The van der Waals surface area contributed by atoms with E-state index in [0.29, 0.717) is 6.04 Å². The third kappa shape index (κ3) is 3.49. The van der Waals surface area contributed by atoms with Crippen LogP contribution in [0.2, 0.25) is 0 Å². The number of nitrogens with zero attached hydrogens (tertiary/aromatic N) is 1. The third-order valence-electron chi connectivity index (χ3n) is 3.54. The molecule has 0 amide bonds. The number of likely N-dealkylation sites (tertiary alicyclic amines) is 1. The number of carboxylic acids is 1. The molecule has 0 bridgehead atoms. The lowest BCUT2D eigenvalue weighted by Crippen LogP contribution is -2.47. The first kappa shape index (κ1) is 12.5. The smallest absolute Gasteiger partial charge is 0.304 e. The highest BCUT2D eigenvalue weighted by Crippen LogP contribution is 2.25. The fourth-order valence-electron chi connectivity index (χ4n) is 2.67. The molecule has 3 nitrogen and oxygen atoms in total. The van der Waals surface area contributed by atoms with Crippen molar-refractivity contribution in [2.45, 2.75) is 58.5 Å². The first-order valence-corrected chi connectivity index (χ1v) is 6.02. The van der Waals surface area contributed by atoms with Gasteiger partial charge in [0.1, 0.15) is 0 Å². The van der Waals surface area contributed by atoms with Gasteiger partial charge in [-0.1, -0.05) is 13.8 Å². The molecular weight excluding hydrogens is 190 g/mol. The van der Waals surface area contributed by atoms with Gasteiger partial charge in [0.25, 0.3) is 0 Å². The number of carbonyl (C=O) groups is 1. The minimum absolute atomic E-state index is 0.227.